The molecule has 2 rings (SSSR count). The van der Waals surface area contributed by atoms with Crippen LogP contribution in [0.3, 0.4) is 0 Å². The van der Waals surface area contributed by atoms with Gasteiger partial charge in [-0.1, -0.05) is 45.4 Å². The molecule has 0 fully saturated rings. The average Bonchev–Trinajstić information content (AvgIpc) is 2.59. The van der Waals surface area contributed by atoms with Gasteiger partial charge in [0, 0.05) is 30.9 Å². The number of unbranched alkanes of at least 4 members (excludes halogenated alkanes) is 7. The van der Waals surface area contributed by atoms with Crippen molar-refractivity contribution in [1.82, 2.24) is 4.98 Å². The molecule has 0 aliphatic heterocycles. The molecule has 0 spiro atoms. The summed E-state index contributed by atoms with van der Waals surface area (Å²) in [6.45, 7) is 3.41. The van der Waals surface area contributed by atoms with E-state index in [2.05, 4.69) is 53.1 Å². The summed E-state index contributed by atoms with van der Waals surface area (Å²) in [7, 11) is 0. The molecule has 0 radical (unpaired) electrons. The topological polar surface area (TPSA) is 16.8 Å². The van der Waals surface area contributed by atoms with Gasteiger partial charge < -0.3 is 17.0 Å². The lowest BCUT2D eigenvalue weighted by Crippen LogP contribution is -3.00. The van der Waals surface area contributed by atoms with E-state index < -0.39 is 0 Å². The van der Waals surface area contributed by atoms with E-state index in [0.717, 1.165) is 6.54 Å². The lowest BCUT2D eigenvalue weighted by atomic mass is 10.1. The SMILES string of the molecule is CCCCCCCCCC[n+]1ccc(-c2ccncc2)cc1.[Br-]. The van der Waals surface area contributed by atoms with Gasteiger partial charge in [0.15, 0.2) is 12.4 Å². The Kier molecular flexibility index (Phi) is 10.5. The Morgan fingerprint density at radius 3 is 1.87 bits per heavy atom. The molecule has 0 unspecified atom stereocenters. The molecule has 2 aromatic rings. The maximum Gasteiger partial charge on any atom is 0.169 e. The van der Waals surface area contributed by atoms with Gasteiger partial charge in [-0.2, -0.15) is 0 Å². The van der Waals surface area contributed by atoms with Crippen molar-refractivity contribution < 1.29 is 21.5 Å². The minimum Gasteiger partial charge on any atom is -1.00 e. The summed E-state index contributed by atoms with van der Waals surface area (Å²) >= 11 is 0. The summed E-state index contributed by atoms with van der Waals surface area (Å²) in [4.78, 5) is 4.06. The first-order valence-electron chi connectivity index (χ1n) is 8.79. The van der Waals surface area contributed by atoms with Crippen LogP contribution in [-0.4, -0.2) is 4.98 Å². The van der Waals surface area contributed by atoms with Crippen LogP contribution in [-0.2, 0) is 6.54 Å². The van der Waals surface area contributed by atoms with Crippen LogP contribution in [0.25, 0.3) is 11.1 Å². The quantitative estimate of drug-likeness (QED) is 0.458. The molecule has 2 aromatic heterocycles. The number of aromatic nitrogens is 2. The van der Waals surface area contributed by atoms with Crippen molar-refractivity contribution in [2.24, 2.45) is 0 Å². The van der Waals surface area contributed by atoms with E-state index in [4.69, 9.17) is 0 Å². The zero-order valence-electron chi connectivity index (χ0n) is 14.3. The number of hydrogen-bond acceptors (Lipinski definition) is 1. The third-order valence-electron chi connectivity index (χ3n) is 4.17. The minimum atomic E-state index is 0. The summed E-state index contributed by atoms with van der Waals surface area (Å²) in [5, 5.41) is 0. The Morgan fingerprint density at radius 2 is 1.26 bits per heavy atom. The van der Waals surface area contributed by atoms with Gasteiger partial charge >= 0.3 is 0 Å². The molecule has 0 aliphatic carbocycles. The fraction of sp³-hybridized carbons (Fsp3) is 0.500. The highest BCUT2D eigenvalue weighted by Gasteiger charge is 2.02. The fourth-order valence-electron chi connectivity index (χ4n) is 2.77. The second kappa shape index (κ2) is 12.2. The number of halogens is 1. The van der Waals surface area contributed by atoms with Gasteiger partial charge in [0.1, 0.15) is 6.54 Å². The standard InChI is InChI=1S/C20H29N2.BrH/c1-2-3-4-5-6-7-8-9-16-22-17-12-20(13-18-22)19-10-14-21-15-11-19;/h10-15,17-18H,2-9,16H2,1H3;1H/q+1;/p-1. The van der Waals surface area contributed by atoms with Crippen LogP contribution in [0.1, 0.15) is 58.3 Å². The third kappa shape index (κ3) is 7.74. The molecule has 3 heteroatoms. The lowest BCUT2D eigenvalue weighted by molar-refractivity contribution is -0.697. The molecule has 0 amide bonds. The van der Waals surface area contributed by atoms with E-state index in [1.165, 1.54) is 62.5 Å². The van der Waals surface area contributed by atoms with E-state index in [0.29, 0.717) is 0 Å². The van der Waals surface area contributed by atoms with E-state index in [9.17, 15) is 0 Å². The zero-order valence-corrected chi connectivity index (χ0v) is 15.8. The fourth-order valence-corrected chi connectivity index (χ4v) is 2.77. The number of hydrogen-bond donors (Lipinski definition) is 0. The zero-order chi connectivity index (χ0) is 15.5. The van der Waals surface area contributed by atoms with Gasteiger partial charge in [-0.15, -0.1) is 0 Å². The van der Waals surface area contributed by atoms with Crippen molar-refractivity contribution in [1.29, 1.82) is 0 Å². The molecule has 0 saturated heterocycles. The van der Waals surface area contributed by atoms with Gasteiger partial charge in [-0.3, -0.25) is 4.98 Å². The van der Waals surface area contributed by atoms with E-state index in [1.54, 1.807) is 0 Å². The minimum absolute atomic E-state index is 0. The Balaban J connectivity index is 0.00000264. The molecule has 23 heavy (non-hydrogen) atoms. The van der Waals surface area contributed by atoms with Gasteiger partial charge in [0.25, 0.3) is 0 Å². The van der Waals surface area contributed by atoms with Crippen LogP contribution in [0.5, 0.6) is 0 Å². The van der Waals surface area contributed by atoms with Crippen molar-refractivity contribution in [2.45, 2.75) is 64.8 Å². The molecule has 126 valence electrons. The highest BCUT2D eigenvalue weighted by Crippen LogP contribution is 2.15. The molecular weight excluding hydrogens is 348 g/mol. The first kappa shape index (κ1) is 19.8. The third-order valence-corrected chi connectivity index (χ3v) is 4.17. The first-order valence-corrected chi connectivity index (χ1v) is 8.79. The molecule has 2 heterocycles. The maximum absolute atomic E-state index is 4.06. The van der Waals surface area contributed by atoms with Crippen LogP contribution >= 0.6 is 0 Å². The van der Waals surface area contributed by atoms with Crippen LogP contribution in [0.2, 0.25) is 0 Å². The molecule has 0 saturated carbocycles. The smallest absolute Gasteiger partial charge is 0.169 e. The van der Waals surface area contributed by atoms with Crippen molar-refractivity contribution in [3.8, 4) is 11.1 Å². The Morgan fingerprint density at radius 1 is 0.739 bits per heavy atom. The molecule has 2 nitrogen and oxygen atoms in total. The van der Waals surface area contributed by atoms with Gasteiger partial charge in [-0.25, -0.2) is 4.57 Å². The highest BCUT2D eigenvalue weighted by atomic mass is 79.9. The number of rotatable bonds is 10. The summed E-state index contributed by atoms with van der Waals surface area (Å²) in [6, 6.07) is 8.50. The van der Waals surface area contributed by atoms with Crippen LogP contribution in [0.4, 0.5) is 0 Å². The first-order chi connectivity index (χ1) is 10.9. The van der Waals surface area contributed by atoms with Gasteiger partial charge in [0.05, 0.1) is 0 Å². The number of pyridine rings is 2. The monoisotopic (exact) mass is 376 g/mol. The van der Waals surface area contributed by atoms with Gasteiger partial charge in [0.2, 0.25) is 0 Å². The second-order valence-electron chi connectivity index (χ2n) is 6.04. The van der Waals surface area contributed by atoms with Crippen LogP contribution in [0.15, 0.2) is 49.1 Å². The predicted octanol–water partition coefficient (Wildman–Crippen LogP) is 2.18. The number of aryl methyl sites for hydroxylation is 1. The molecule has 0 atom stereocenters. The maximum atomic E-state index is 4.06. The highest BCUT2D eigenvalue weighted by molar-refractivity contribution is 5.61. The van der Waals surface area contributed by atoms with Crippen molar-refractivity contribution >= 4 is 0 Å². The Labute approximate surface area is 151 Å². The molecule has 0 N–H and O–H groups in total. The average molecular weight is 377 g/mol. The van der Waals surface area contributed by atoms with Crippen LogP contribution in [0, 0.1) is 0 Å². The van der Waals surface area contributed by atoms with Crippen molar-refractivity contribution in [3.05, 3.63) is 49.1 Å². The molecular formula is C20H29BrN2. The van der Waals surface area contributed by atoms with Crippen molar-refractivity contribution in [3.63, 3.8) is 0 Å². The normalized spacial score (nSPS) is 10.3. The lowest BCUT2D eigenvalue weighted by Gasteiger charge is -2.02. The summed E-state index contributed by atoms with van der Waals surface area (Å²) in [5.74, 6) is 0. The molecule has 0 aliphatic rings. The number of nitrogens with zero attached hydrogens (tertiary/aromatic N) is 2. The second-order valence-corrected chi connectivity index (χ2v) is 6.04. The Bertz CT molecular complexity index is 511. The predicted molar refractivity (Wildman–Crippen MR) is 92.5 cm³/mol. The summed E-state index contributed by atoms with van der Waals surface area (Å²) in [6.07, 6.45) is 19.1. The largest absolute Gasteiger partial charge is 1.00 e. The van der Waals surface area contributed by atoms with E-state index in [-0.39, 0.29) is 17.0 Å². The summed E-state index contributed by atoms with van der Waals surface area (Å²) < 4.78 is 2.29. The molecule has 0 bridgehead atoms. The summed E-state index contributed by atoms with van der Waals surface area (Å²) in [5.41, 5.74) is 2.49. The van der Waals surface area contributed by atoms with E-state index >= 15 is 0 Å². The van der Waals surface area contributed by atoms with E-state index in [1.807, 2.05) is 12.4 Å². The van der Waals surface area contributed by atoms with Crippen LogP contribution < -0.4 is 21.5 Å². The Hall–Kier alpha value is -1.22. The van der Waals surface area contributed by atoms with Gasteiger partial charge in [-0.05, 0) is 29.7 Å². The van der Waals surface area contributed by atoms with Crippen molar-refractivity contribution in [2.75, 3.05) is 0 Å². The molecule has 0 aromatic carbocycles.